The molecular weight excluding hydrogens is 236 g/mol. The molecule has 1 N–H and O–H groups in total. The number of nitrogens with one attached hydrogen (secondary N) is 1. The van der Waals surface area contributed by atoms with Crippen molar-refractivity contribution in [1.29, 1.82) is 0 Å². The Morgan fingerprint density at radius 1 is 1.05 bits per heavy atom. The molecule has 3 nitrogen and oxygen atoms in total. The molecule has 0 atom stereocenters. The number of hydrogen-bond acceptors (Lipinski definition) is 3. The van der Waals surface area contributed by atoms with Gasteiger partial charge >= 0.3 is 0 Å². The van der Waals surface area contributed by atoms with Crippen LogP contribution >= 0.6 is 0 Å². The Morgan fingerprint density at radius 3 is 2.58 bits per heavy atom. The maximum Gasteiger partial charge on any atom is 0.130 e. The largest absolute Gasteiger partial charge is 0.487 e. The molecule has 0 aliphatic carbocycles. The Morgan fingerprint density at radius 2 is 1.84 bits per heavy atom. The Labute approximate surface area is 114 Å². The maximum absolute atomic E-state index is 5.78. The first-order chi connectivity index (χ1) is 9.19. The topological polar surface area (TPSA) is 34.1 Å². The van der Waals surface area contributed by atoms with Crippen LogP contribution in [0, 0.1) is 13.8 Å². The van der Waals surface area contributed by atoms with Crippen molar-refractivity contribution in [2.75, 3.05) is 7.05 Å². The van der Waals surface area contributed by atoms with Crippen molar-refractivity contribution in [3.8, 4) is 5.75 Å². The van der Waals surface area contributed by atoms with Crippen LogP contribution in [0.25, 0.3) is 0 Å². The van der Waals surface area contributed by atoms with Crippen molar-refractivity contribution in [3.05, 3.63) is 58.9 Å². The molecule has 1 aromatic carbocycles. The van der Waals surface area contributed by atoms with E-state index in [1.807, 2.05) is 31.3 Å². The zero-order chi connectivity index (χ0) is 13.7. The van der Waals surface area contributed by atoms with Gasteiger partial charge in [0.2, 0.25) is 0 Å². The third-order valence-electron chi connectivity index (χ3n) is 3.09. The molecule has 3 heteroatoms. The number of ether oxygens (including phenoxy) is 1. The molecular formula is C16H20N2O. The fourth-order valence-corrected chi connectivity index (χ4v) is 1.85. The average molecular weight is 256 g/mol. The minimum absolute atomic E-state index is 0.500. The van der Waals surface area contributed by atoms with E-state index >= 15 is 0 Å². The second-order valence-corrected chi connectivity index (χ2v) is 4.69. The molecule has 1 heterocycles. The number of aromatic nitrogens is 1. The minimum atomic E-state index is 0.500. The fourth-order valence-electron chi connectivity index (χ4n) is 1.85. The van der Waals surface area contributed by atoms with E-state index in [0.717, 1.165) is 23.7 Å². The fraction of sp³-hybridized carbons (Fsp3) is 0.312. The smallest absolute Gasteiger partial charge is 0.130 e. The summed E-state index contributed by atoms with van der Waals surface area (Å²) in [5.41, 5.74) is 4.51. The van der Waals surface area contributed by atoms with E-state index in [-0.39, 0.29) is 0 Å². The Bertz CT molecular complexity index is 552. The minimum Gasteiger partial charge on any atom is -0.487 e. The standard InChI is InChI=1S/C16H20N2O/c1-12-7-8-16(9-13(12)2)19-11-15-6-4-5-14(18-15)10-17-3/h4-9,17H,10-11H2,1-3H3. The molecule has 0 bridgehead atoms. The van der Waals surface area contributed by atoms with Crippen molar-refractivity contribution in [2.45, 2.75) is 27.0 Å². The van der Waals surface area contributed by atoms with E-state index in [4.69, 9.17) is 4.74 Å². The van der Waals surface area contributed by atoms with E-state index in [2.05, 4.69) is 36.3 Å². The number of hydrogen-bond donors (Lipinski definition) is 1. The van der Waals surface area contributed by atoms with E-state index in [1.54, 1.807) is 0 Å². The van der Waals surface area contributed by atoms with Gasteiger partial charge in [-0.1, -0.05) is 12.1 Å². The molecule has 0 saturated carbocycles. The van der Waals surface area contributed by atoms with Crippen LogP contribution in [-0.2, 0) is 13.2 Å². The maximum atomic E-state index is 5.78. The molecule has 0 radical (unpaired) electrons. The van der Waals surface area contributed by atoms with Crippen LogP contribution in [0.2, 0.25) is 0 Å². The summed E-state index contributed by atoms with van der Waals surface area (Å²) in [7, 11) is 1.92. The molecule has 2 rings (SSSR count). The number of nitrogens with zero attached hydrogens (tertiary/aromatic N) is 1. The first kappa shape index (κ1) is 13.6. The number of aryl methyl sites for hydroxylation is 2. The van der Waals surface area contributed by atoms with Crippen molar-refractivity contribution < 1.29 is 4.74 Å². The lowest BCUT2D eigenvalue weighted by Gasteiger charge is -2.09. The van der Waals surface area contributed by atoms with E-state index in [1.165, 1.54) is 11.1 Å². The highest BCUT2D eigenvalue weighted by Crippen LogP contribution is 2.17. The van der Waals surface area contributed by atoms with Crippen LogP contribution in [0.1, 0.15) is 22.5 Å². The Balaban J connectivity index is 2.01. The van der Waals surface area contributed by atoms with Gasteiger partial charge in [0.1, 0.15) is 12.4 Å². The van der Waals surface area contributed by atoms with Crippen LogP contribution in [-0.4, -0.2) is 12.0 Å². The summed E-state index contributed by atoms with van der Waals surface area (Å²) >= 11 is 0. The zero-order valence-corrected chi connectivity index (χ0v) is 11.7. The molecule has 0 amide bonds. The summed E-state index contributed by atoms with van der Waals surface area (Å²) in [6, 6.07) is 12.1. The van der Waals surface area contributed by atoms with Crippen molar-refractivity contribution in [3.63, 3.8) is 0 Å². The van der Waals surface area contributed by atoms with Gasteiger partial charge in [0.15, 0.2) is 0 Å². The SMILES string of the molecule is CNCc1cccc(COc2ccc(C)c(C)c2)n1. The molecule has 0 saturated heterocycles. The lowest BCUT2D eigenvalue weighted by Crippen LogP contribution is -2.08. The number of benzene rings is 1. The third-order valence-corrected chi connectivity index (χ3v) is 3.09. The lowest BCUT2D eigenvalue weighted by molar-refractivity contribution is 0.300. The zero-order valence-electron chi connectivity index (χ0n) is 11.7. The van der Waals surface area contributed by atoms with Gasteiger partial charge in [-0.05, 0) is 56.3 Å². The second-order valence-electron chi connectivity index (χ2n) is 4.69. The van der Waals surface area contributed by atoms with Gasteiger partial charge in [0, 0.05) is 6.54 Å². The predicted molar refractivity (Wildman–Crippen MR) is 77.2 cm³/mol. The number of pyridine rings is 1. The normalized spacial score (nSPS) is 10.5. The summed E-state index contributed by atoms with van der Waals surface area (Å²) in [5, 5.41) is 3.10. The highest BCUT2D eigenvalue weighted by molar-refractivity contribution is 5.33. The van der Waals surface area contributed by atoms with Gasteiger partial charge < -0.3 is 10.1 Å². The summed E-state index contributed by atoms with van der Waals surface area (Å²) in [4.78, 5) is 4.53. The van der Waals surface area contributed by atoms with Crippen LogP contribution in [0.3, 0.4) is 0 Å². The van der Waals surface area contributed by atoms with Crippen LogP contribution in [0.4, 0.5) is 0 Å². The molecule has 1 aromatic heterocycles. The predicted octanol–water partition coefficient (Wildman–Crippen LogP) is 3.00. The van der Waals surface area contributed by atoms with Gasteiger partial charge in [0.25, 0.3) is 0 Å². The molecule has 0 spiro atoms. The van der Waals surface area contributed by atoms with Gasteiger partial charge in [-0.2, -0.15) is 0 Å². The summed E-state index contributed by atoms with van der Waals surface area (Å²) in [6.07, 6.45) is 0. The van der Waals surface area contributed by atoms with Crippen molar-refractivity contribution in [1.82, 2.24) is 10.3 Å². The van der Waals surface area contributed by atoms with E-state index < -0.39 is 0 Å². The third kappa shape index (κ3) is 3.80. The second kappa shape index (κ2) is 6.34. The summed E-state index contributed by atoms with van der Waals surface area (Å²) in [5.74, 6) is 0.893. The quantitative estimate of drug-likeness (QED) is 0.893. The van der Waals surface area contributed by atoms with Crippen LogP contribution in [0.15, 0.2) is 36.4 Å². The average Bonchev–Trinajstić information content (AvgIpc) is 2.41. The highest BCUT2D eigenvalue weighted by atomic mass is 16.5. The molecule has 0 fully saturated rings. The Hall–Kier alpha value is -1.87. The van der Waals surface area contributed by atoms with Crippen molar-refractivity contribution >= 4 is 0 Å². The summed E-state index contributed by atoms with van der Waals surface area (Å²) < 4.78 is 5.78. The number of rotatable bonds is 5. The molecule has 2 aromatic rings. The van der Waals surface area contributed by atoms with Crippen molar-refractivity contribution in [2.24, 2.45) is 0 Å². The molecule has 0 unspecified atom stereocenters. The van der Waals surface area contributed by atoms with Gasteiger partial charge in [-0.15, -0.1) is 0 Å². The van der Waals surface area contributed by atoms with Gasteiger partial charge in [-0.25, -0.2) is 0 Å². The van der Waals surface area contributed by atoms with Gasteiger partial charge in [-0.3, -0.25) is 4.98 Å². The molecule has 19 heavy (non-hydrogen) atoms. The molecule has 0 aliphatic heterocycles. The molecule has 100 valence electrons. The van der Waals surface area contributed by atoms with E-state index in [9.17, 15) is 0 Å². The Kier molecular flexibility index (Phi) is 4.53. The monoisotopic (exact) mass is 256 g/mol. The van der Waals surface area contributed by atoms with Crippen LogP contribution < -0.4 is 10.1 Å². The molecule has 0 aliphatic rings. The lowest BCUT2D eigenvalue weighted by atomic mass is 10.1. The highest BCUT2D eigenvalue weighted by Gasteiger charge is 2.00. The van der Waals surface area contributed by atoms with E-state index in [0.29, 0.717) is 6.61 Å². The van der Waals surface area contributed by atoms with Gasteiger partial charge in [0.05, 0.1) is 11.4 Å². The first-order valence-corrected chi connectivity index (χ1v) is 6.48. The summed E-state index contributed by atoms with van der Waals surface area (Å²) in [6.45, 7) is 5.47. The van der Waals surface area contributed by atoms with Crippen LogP contribution in [0.5, 0.6) is 5.75 Å². The first-order valence-electron chi connectivity index (χ1n) is 6.48.